The monoisotopic (exact) mass is 200 g/mol. The van der Waals surface area contributed by atoms with E-state index < -0.39 is 0 Å². The van der Waals surface area contributed by atoms with Gasteiger partial charge in [-0.05, 0) is 17.5 Å². The summed E-state index contributed by atoms with van der Waals surface area (Å²) in [5.41, 5.74) is 11.1. The molecule has 4 nitrogen and oxygen atoms in total. The molecule has 0 bridgehead atoms. The summed E-state index contributed by atoms with van der Waals surface area (Å²) in [7, 11) is 0. The molecule has 68 valence electrons. The zero-order chi connectivity index (χ0) is 8.55. The molecule has 0 saturated carbocycles. The van der Waals surface area contributed by atoms with Crippen LogP contribution in [0.15, 0.2) is 24.5 Å². The fourth-order valence-corrected chi connectivity index (χ4v) is 1.11. The van der Waals surface area contributed by atoms with Crippen molar-refractivity contribution in [3.63, 3.8) is 0 Å². The van der Waals surface area contributed by atoms with E-state index in [1.165, 1.54) is 0 Å². The van der Waals surface area contributed by atoms with Crippen LogP contribution in [0.25, 0.3) is 10.8 Å². The van der Waals surface area contributed by atoms with Crippen LogP contribution in [0.3, 0.4) is 0 Å². The largest absolute Gasteiger partial charge is 0.384 e. The molecule has 0 aliphatic carbocycles. The Morgan fingerprint density at radius 3 is 2.69 bits per heavy atom. The number of hydrogen-bond donors (Lipinski definition) is 2. The molecular weight excluding hydrogens is 192 g/mol. The molecule has 0 spiro atoms. The second kappa shape index (κ2) is 4.09. The number of nitrogens with zero attached hydrogens (tertiary/aromatic N) is 2. The Hall–Kier alpha value is -0.580. The SMILES string of the molecule is Nc1cc2ccnc(N)c2cn1.[Ar]. The minimum Gasteiger partial charge on any atom is -0.384 e. The quantitative estimate of drug-likeness (QED) is 0.659. The summed E-state index contributed by atoms with van der Waals surface area (Å²) in [5.74, 6) is 0.980. The van der Waals surface area contributed by atoms with Gasteiger partial charge in [0.05, 0.1) is 0 Å². The van der Waals surface area contributed by atoms with Gasteiger partial charge in [0.15, 0.2) is 0 Å². The summed E-state index contributed by atoms with van der Waals surface area (Å²) in [5, 5.41) is 1.81. The van der Waals surface area contributed by atoms with E-state index in [0.717, 1.165) is 10.8 Å². The molecule has 4 N–H and O–H groups in total. The fourth-order valence-electron chi connectivity index (χ4n) is 1.11. The van der Waals surface area contributed by atoms with Gasteiger partial charge in [-0.1, -0.05) is 0 Å². The maximum absolute atomic E-state index is 5.61. The first-order chi connectivity index (χ1) is 5.77. The van der Waals surface area contributed by atoms with E-state index in [-0.39, 0.29) is 37.7 Å². The minimum atomic E-state index is 0. The topological polar surface area (TPSA) is 77.8 Å². The van der Waals surface area contributed by atoms with E-state index in [1.54, 1.807) is 18.5 Å². The molecule has 0 radical (unpaired) electrons. The van der Waals surface area contributed by atoms with E-state index in [0.29, 0.717) is 11.6 Å². The van der Waals surface area contributed by atoms with Gasteiger partial charge in [0, 0.05) is 55.5 Å². The van der Waals surface area contributed by atoms with Gasteiger partial charge in [0.25, 0.3) is 0 Å². The van der Waals surface area contributed by atoms with Crippen LogP contribution in [0.5, 0.6) is 0 Å². The Morgan fingerprint density at radius 1 is 1.15 bits per heavy atom. The van der Waals surface area contributed by atoms with Crippen LogP contribution in [-0.2, 0) is 0 Å². The summed E-state index contributed by atoms with van der Waals surface area (Å²) in [6, 6.07) is 3.62. The van der Waals surface area contributed by atoms with E-state index in [1.807, 2.05) is 6.07 Å². The summed E-state index contributed by atoms with van der Waals surface area (Å²) in [6.45, 7) is 0. The number of nitrogen functional groups attached to an aromatic ring is 2. The number of rotatable bonds is 0. The Bertz CT molecular complexity index is 429. The third-order valence-electron chi connectivity index (χ3n) is 1.70. The molecule has 0 aliphatic rings. The number of anilines is 2. The van der Waals surface area contributed by atoms with Crippen LogP contribution >= 0.6 is 0 Å². The average molecular weight is 200 g/mol. The van der Waals surface area contributed by atoms with E-state index >= 15 is 0 Å². The van der Waals surface area contributed by atoms with Crippen molar-refractivity contribution >= 4 is 22.4 Å². The molecule has 0 aromatic carbocycles. The molecule has 2 heterocycles. The van der Waals surface area contributed by atoms with Gasteiger partial charge in [-0.15, -0.1) is 0 Å². The average Bonchev–Trinajstić information content (AvgIpc) is 2.04. The maximum atomic E-state index is 5.61. The summed E-state index contributed by atoms with van der Waals surface area (Å²) in [6.07, 6.45) is 3.28. The van der Waals surface area contributed by atoms with Crippen molar-refractivity contribution in [1.29, 1.82) is 0 Å². The molecule has 0 saturated heterocycles. The second-order valence-electron chi connectivity index (χ2n) is 2.53. The number of pyridine rings is 2. The Morgan fingerprint density at radius 2 is 1.92 bits per heavy atom. The van der Waals surface area contributed by atoms with Gasteiger partial charge in [-0.3, -0.25) is 0 Å². The third-order valence-corrected chi connectivity index (χ3v) is 1.70. The van der Waals surface area contributed by atoms with Gasteiger partial charge >= 0.3 is 0 Å². The van der Waals surface area contributed by atoms with Crippen LogP contribution in [0.2, 0.25) is 0 Å². The number of fused-ring (bicyclic) bond motifs is 1. The zero-order valence-electron chi connectivity index (χ0n) is 6.71. The maximum Gasteiger partial charge on any atom is 0.132 e. The predicted octanol–water partition coefficient (Wildman–Crippen LogP) is 0.794. The summed E-state index contributed by atoms with van der Waals surface area (Å²) in [4.78, 5) is 7.86. The summed E-state index contributed by atoms with van der Waals surface area (Å²) >= 11 is 0. The molecule has 2 aromatic rings. The van der Waals surface area contributed by atoms with Crippen LogP contribution in [0.4, 0.5) is 11.6 Å². The van der Waals surface area contributed by atoms with Crippen molar-refractivity contribution in [2.45, 2.75) is 0 Å². The van der Waals surface area contributed by atoms with Crippen LogP contribution in [0.1, 0.15) is 0 Å². The van der Waals surface area contributed by atoms with Gasteiger partial charge in [0.2, 0.25) is 0 Å². The Balaban J connectivity index is 0.000000845. The zero-order valence-corrected chi connectivity index (χ0v) is 7.42. The first-order valence-electron chi connectivity index (χ1n) is 3.53. The van der Waals surface area contributed by atoms with Crippen molar-refractivity contribution in [1.82, 2.24) is 9.97 Å². The molecule has 0 unspecified atom stereocenters. The Labute approximate surface area is 105 Å². The third kappa shape index (κ3) is 2.02. The van der Waals surface area contributed by atoms with E-state index in [4.69, 9.17) is 11.5 Å². The number of nitrogens with two attached hydrogens (primary N) is 2. The molecule has 0 aliphatic heterocycles. The van der Waals surface area contributed by atoms with Crippen molar-refractivity contribution < 1.29 is 37.7 Å². The number of hydrogen-bond acceptors (Lipinski definition) is 4. The summed E-state index contributed by atoms with van der Waals surface area (Å²) < 4.78 is 0. The van der Waals surface area contributed by atoms with Crippen molar-refractivity contribution in [3.05, 3.63) is 24.5 Å². The Kier molecular flexibility index (Phi) is 3.30. The molecule has 0 amide bonds. The molecule has 2 rings (SSSR count). The molecule has 0 fully saturated rings. The molecule has 2 aromatic heterocycles. The molecule has 0 atom stereocenters. The fraction of sp³-hybridized carbons (Fsp3) is 0. The molecule has 5 heteroatoms. The number of aromatic nitrogens is 2. The van der Waals surface area contributed by atoms with E-state index in [9.17, 15) is 0 Å². The standard InChI is InChI=1S/C8H8N4.Ar/c9-7-3-5-1-2-11-8(10)6(5)4-12-7;/h1-4H,(H2,9,12)(H2,10,11);. The van der Waals surface area contributed by atoms with Crippen LogP contribution in [0, 0.1) is 37.7 Å². The van der Waals surface area contributed by atoms with Gasteiger partial charge in [-0.2, -0.15) is 0 Å². The molecule has 13 heavy (non-hydrogen) atoms. The first-order valence-corrected chi connectivity index (χ1v) is 3.53. The predicted molar refractivity (Wildman–Crippen MR) is 48.4 cm³/mol. The van der Waals surface area contributed by atoms with Crippen molar-refractivity contribution in [2.24, 2.45) is 0 Å². The van der Waals surface area contributed by atoms with Crippen molar-refractivity contribution in [2.75, 3.05) is 11.5 Å². The van der Waals surface area contributed by atoms with E-state index in [2.05, 4.69) is 9.97 Å². The van der Waals surface area contributed by atoms with Gasteiger partial charge in [-0.25, -0.2) is 9.97 Å². The van der Waals surface area contributed by atoms with Crippen molar-refractivity contribution in [3.8, 4) is 0 Å². The van der Waals surface area contributed by atoms with Crippen LogP contribution < -0.4 is 11.5 Å². The van der Waals surface area contributed by atoms with Gasteiger partial charge in [0.1, 0.15) is 11.6 Å². The first kappa shape index (κ1) is 10.5. The smallest absolute Gasteiger partial charge is 0.132 e. The van der Waals surface area contributed by atoms with Crippen LogP contribution in [-0.4, -0.2) is 9.97 Å². The van der Waals surface area contributed by atoms with Gasteiger partial charge < -0.3 is 11.5 Å². The minimum absolute atomic E-state index is 0. The second-order valence-corrected chi connectivity index (χ2v) is 2.53. The molecular formula is C8H8ArN4. The normalized spacial score (nSPS) is 9.54.